The van der Waals surface area contributed by atoms with Gasteiger partial charge in [0.05, 0.1) is 16.1 Å². The molecule has 0 radical (unpaired) electrons. The van der Waals surface area contributed by atoms with Gasteiger partial charge in [0, 0.05) is 6.54 Å². The molecule has 0 spiro atoms. The summed E-state index contributed by atoms with van der Waals surface area (Å²) in [7, 11) is -4.10. The van der Waals surface area contributed by atoms with Gasteiger partial charge in [0.1, 0.15) is 11.3 Å². The van der Waals surface area contributed by atoms with E-state index in [-0.39, 0.29) is 22.6 Å². The average molecular weight is 391 g/mol. The Kier molecular flexibility index (Phi) is 4.56. The monoisotopic (exact) mass is 391 g/mol. The number of carboxylic acid groups (broad SMARTS) is 2. The molecule has 0 saturated carbocycles. The molecule has 0 saturated heterocycles. The molecule has 1 aliphatic rings. The van der Waals surface area contributed by atoms with Gasteiger partial charge in [-0.25, -0.2) is 18.0 Å². The number of rotatable bonds is 4. The van der Waals surface area contributed by atoms with Gasteiger partial charge < -0.3 is 15.3 Å². The molecule has 0 aromatic heterocycles. The number of aryl methyl sites for hydroxylation is 2. The summed E-state index contributed by atoms with van der Waals surface area (Å²) in [6, 6.07) is 6.29. The van der Waals surface area contributed by atoms with Gasteiger partial charge in [0.2, 0.25) is 0 Å². The first-order valence-electron chi connectivity index (χ1n) is 8.09. The van der Waals surface area contributed by atoms with E-state index < -0.39 is 33.3 Å². The highest BCUT2D eigenvalue weighted by atomic mass is 32.2. The third-order valence-electron chi connectivity index (χ3n) is 4.49. The van der Waals surface area contributed by atoms with Crippen LogP contribution in [0.4, 0.5) is 5.69 Å². The Hall–Kier alpha value is -3.07. The number of aromatic carboxylic acids is 2. The Morgan fingerprint density at radius 1 is 1.07 bits per heavy atom. The highest BCUT2D eigenvalue weighted by Crippen LogP contribution is 2.35. The van der Waals surface area contributed by atoms with Gasteiger partial charge in [-0.1, -0.05) is 0 Å². The van der Waals surface area contributed by atoms with Crippen LogP contribution in [0.25, 0.3) is 0 Å². The van der Waals surface area contributed by atoms with Crippen molar-refractivity contribution in [3.05, 3.63) is 52.6 Å². The zero-order valence-electron chi connectivity index (χ0n) is 14.3. The summed E-state index contributed by atoms with van der Waals surface area (Å²) in [6.07, 6.45) is 1.04. The lowest BCUT2D eigenvalue weighted by atomic mass is 10.0. The Bertz CT molecular complexity index is 1060. The zero-order chi connectivity index (χ0) is 19.9. The van der Waals surface area contributed by atoms with Crippen LogP contribution in [0, 0.1) is 6.92 Å². The Balaban J connectivity index is 2.14. The van der Waals surface area contributed by atoms with Crippen molar-refractivity contribution >= 4 is 27.6 Å². The fourth-order valence-corrected chi connectivity index (χ4v) is 4.96. The summed E-state index contributed by atoms with van der Waals surface area (Å²) in [5, 5.41) is 28.1. The number of hydrogen-bond acceptors (Lipinski definition) is 5. The lowest BCUT2D eigenvalue weighted by Gasteiger charge is -2.31. The zero-order valence-corrected chi connectivity index (χ0v) is 15.2. The summed E-state index contributed by atoms with van der Waals surface area (Å²) in [6.45, 7) is 1.65. The van der Waals surface area contributed by atoms with Crippen molar-refractivity contribution in [2.75, 3.05) is 10.8 Å². The second-order valence-corrected chi connectivity index (χ2v) is 8.10. The minimum absolute atomic E-state index is 0.0713. The fraction of sp³-hybridized carbons (Fsp3) is 0.222. The predicted octanol–water partition coefficient (Wildman–Crippen LogP) is 2.24. The van der Waals surface area contributed by atoms with Crippen molar-refractivity contribution in [2.45, 2.75) is 24.7 Å². The molecule has 0 fully saturated rings. The van der Waals surface area contributed by atoms with Gasteiger partial charge in [0.25, 0.3) is 10.0 Å². The molecule has 0 amide bonds. The van der Waals surface area contributed by atoms with Crippen LogP contribution in [0.15, 0.2) is 35.2 Å². The van der Waals surface area contributed by atoms with Crippen LogP contribution in [-0.2, 0) is 16.4 Å². The van der Waals surface area contributed by atoms with Crippen molar-refractivity contribution in [1.82, 2.24) is 0 Å². The van der Waals surface area contributed by atoms with Crippen LogP contribution in [0.3, 0.4) is 0 Å². The summed E-state index contributed by atoms with van der Waals surface area (Å²) in [5.74, 6) is -3.04. The number of sulfonamides is 1. The van der Waals surface area contributed by atoms with Gasteiger partial charge >= 0.3 is 11.9 Å². The summed E-state index contributed by atoms with van der Waals surface area (Å²) >= 11 is 0. The fourth-order valence-electron chi connectivity index (χ4n) is 3.19. The molecule has 0 aliphatic carbocycles. The van der Waals surface area contributed by atoms with E-state index >= 15 is 0 Å². The number of aromatic hydroxyl groups is 1. The Morgan fingerprint density at radius 2 is 1.78 bits per heavy atom. The summed E-state index contributed by atoms with van der Waals surface area (Å²) < 4.78 is 27.6. The Labute approximate surface area is 155 Å². The van der Waals surface area contributed by atoms with E-state index in [1.807, 2.05) is 0 Å². The SMILES string of the molecule is Cc1cc(O)c(C(=O)O)cc1S(=O)(=O)N1CCCc2cc(C(=O)O)ccc21. The number of fused-ring (bicyclic) bond motifs is 1. The maximum Gasteiger partial charge on any atom is 0.339 e. The first kappa shape index (κ1) is 18.7. The van der Waals surface area contributed by atoms with Crippen LogP contribution in [-0.4, -0.2) is 42.2 Å². The van der Waals surface area contributed by atoms with E-state index in [0.29, 0.717) is 24.1 Å². The van der Waals surface area contributed by atoms with Crippen molar-refractivity contribution < 1.29 is 33.3 Å². The number of carbonyl (C=O) groups is 2. The van der Waals surface area contributed by atoms with Crippen LogP contribution in [0.5, 0.6) is 5.75 Å². The molecule has 9 heteroatoms. The van der Waals surface area contributed by atoms with Crippen LogP contribution in [0.2, 0.25) is 0 Å². The van der Waals surface area contributed by atoms with Gasteiger partial charge in [-0.05, 0) is 61.2 Å². The maximum absolute atomic E-state index is 13.2. The van der Waals surface area contributed by atoms with E-state index in [2.05, 4.69) is 0 Å². The third-order valence-corrected chi connectivity index (χ3v) is 6.45. The van der Waals surface area contributed by atoms with Crippen molar-refractivity contribution in [1.29, 1.82) is 0 Å². The molecule has 0 bridgehead atoms. The quantitative estimate of drug-likeness (QED) is 0.728. The van der Waals surface area contributed by atoms with Crippen LogP contribution in [0.1, 0.15) is 38.3 Å². The van der Waals surface area contributed by atoms with Crippen LogP contribution < -0.4 is 4.31 Å². The number of hydrogen-bond donors (Lipinski definition) is 3. The van der Waals surface area contributed by atoms with Gasteiger partial charge in [0.15, 0.2) is 0 Å². The third kappa shape index (κ3) is 3.21. The predicted molar refractivity (Wildman–Crippen MR) is 96.1 cm³/mol. The van der Waals surface area contributed by atoms with E-state index in [9.17, 15) is 28.2 Å². The van der Waals surface area contributed by atoms with Crippen LogP contribution >= 0.6 is 0 Å². The van der Waals surface area contributed by atoms with E-state index in [1.54, 1.807) is 0 Å². The molecule has 2 aromatic rings. The number of benzene rings is 2. The highest BCUT2D eigenvalue weighted by molar-refractivity contribution is 7.92. The average Bonchev–Trinajstić information content (AvgIpc) is 2.59. The minimum atomic E-state index is -4.10. The van der Waals surface area contributed by atoms with Crippen molar-refractivity contribution in [2.24, 2.45) is 0 Å². The Morgan fingerprint density at radius 3 is 2.41 bits per heavy atom. The lowest BCUT2D eigenvalue weighted by molar-refractivity contribution is 0.0684. The molecule has 0 unspecified atom stereocenters. The number of anilines is 1. The van der Waals surface area contributed by atoms with Gasteiger partial charge in [-0.15, -0.1) is 0 Å². The largest absolute Gasteiger partial charge is 0.507 e. The molecule has 1 heterocycles. The number of phenols is 1. The molecule has 3 N–H and O–H groups in total. The standard InChI is InChI=1S/C18H17NO7S/c1-10-7-15(20)13(18(23)24)9-16(10)27(25,26)19-6-2-3-11-8-12(17(21)22)4-5-14(11)19/h4-5,7-9,20H,2-3,6H2,1H3,(H,21,22)(H,23,24). The van der Waals surface area contributed by atoms with E-state index in [1.165, 1.54) is 25.1 Å². The normalized spacial score (nSPS) is 13.9. The first-order chi connectivity index (χ1) is 12.6. The second kappa shape index (κ2) is 6.58. The molecule has 3 rings (SSSR count). The molecule has 142 valence electrons. The number of nitrogens with zero attached hydrogens (tertiary/aromatic N) is 1. The maximum atomic E-state index is 13.2. The van der Waals surface area contributed by atoms with E-state index in [0.717, 1.165) is 16.4 Å². The van der Waals surface area contributed by atoms with Gasteiger partial charge in [-0.2, -0.15) is 0 Å². The lowest BCUT2D eigenvalue weighted by Crippen LogP contribution is -2.36. The number of carboxylic acids is 2. The smallest absolute Gasteiger partial charge is 0.339 e. The molecule has 1 aliphatic heterocycles. The molecular formula is C18H17NO7S. The van der Waals surface area contributed by atoms with Crippen molar-refractivity contribution in [3.63, 3.8) is 0 Å². The minimum Gasteiger partial charge on any atom is -0.507 e. The molecule has 0 atom stereocenters. The topological polar surface area (TPSA) is 132 Å². The highest BCUT2D eigenvalue weighted by Gasteiger charge is 2.32. The molecular weight excluding hydrogens is 374 g/mol. The summed E-state index contributed by atoms with van der Waals surface area (Å²) in [5.41, 5.74) is 0.751. The second-order valence-electron chi connectivity index (χ2n) is 6.27. The molecule has 2 aromatic carbocycles. The first-order valence-corrected chi connectivity index (χ1v) is 9.53. The molecule has 8 nitrogen and oxygen atoms in total. The van der Waals surface area contributed by atoms with Gasteiger partial charge in [-0.3, -0.25) is 4.31 Å². The summed E-state index contributed by atoms with van der Waals surface area (Å²) in [4.78, 5) is 22.2. The van der Waals surface area contributed by atoms with E-state index in [4.69, 9.17) is 5.11 Å². The van der Waals surface area contributed by atoms with Crippen molar-refractivity contribution in [3.8, 4) is 5.75 Å². The molecule has 27 heavy (non-hydrogen) atoms.